The van der Waals surface area contributed by atoms with Crippen molar-refractivity contribution in [2.75, 3.05) is 6.54 Å². The number of hydrogen-bond donors (Lipinski definition) is 2. The first kappa shape index (κ1) is 15.0. The maximum Gasteiger partial charge on any atom is 0.323 e. The lowest BCUT2D eigenvalue weighted by Gasteiger charge is -2.34. The number of hydrogen-bond acceptors (Lipinski definition) is 4. The fraction of sp³-hybridized carbons (Fsp3) is 0.583. The van der Waals surface area contributed by atoms with E-state index < -0.39 is 17.5 Å². The fourth-order valence-electron chi connectivity index (χ4n) is 1.48. The van der Waals surface area contributed by atoms with Crippen LogP contribution < -0.4 is 5.32 Å². The average molecular weight is 269 g/mol. The van der Waals surface area contributed by atoms with E-state index in [1.807, 2.05) is 0 Å². The van der Waals surface area contributed by atoms with Gasteiger partial charge in [0.25, 0.3) is 0 Å². The summed E-state index contributed by atoms with van der Waals surface area (Å²) < 4.78 is 5.22. The second kappa shape index (κ2) is 5.73. The molecule has 0 radical (unpaired) electrons. The fourth-order valence-corrected chi connectivity index (χ4v) is 1.48. The Hall–Kier alpha value is -2.05. The van der Waals surface area contributed by atoms with Crippen molar-refractivity contribution < 1.29 is 19.1 Å². The van der Waals surface area contributed by atoms with Gasteiger partial charge in [0, 0.05) is 5.54 Å². The van der Waals surface area contributed by atoms with E-state index in [4.69, 9.17) is 9.52 Å². The number of carbonyl (C=O) groups excluding carboxylic acids is 1. The van der Waals surface area contributed by atoms with Gasteiger partial charge in [-0.15, -0.1) is 0 Å². The van der Waals surface area contributed by atoms with Gasteiger partial charge >= 0.3 is 12.0 Å². The average Bonchev–Trinajstić information content (AvgIpc) is 2.67. The molecule has 0 saturated carbocycles. The van der Waals surface area contributed by atoms with Crippen LogP contribution in [0.5, 0.6) is 0 Å². The smallest absolute Gasteiger partial charge is 0.323 e. The van der Waals surface area contributed by atoms with Gasteiger partial charge in [0.05, 0.1) is 12.7 Å². The van der Waals surface area contributed by atoms with Crippen LogP contribution in [-0.4, -0.2) is 39.1 Å². The van der Waals surface area contributed by atoms with Crippen molar-refractivity contribution in [3.63, 3.8) is 0 Å². The van der Waals surface area contributed by atoms with E-state index in [-0.39, 0.29) is 13.1 Å². The van der Waals surface area contributed by atoms with Crippen LogP contribution in [0.4, 0.5) is 4.79 Å². The highest BCUT2D eigenvalue weighted by atomic mass is 16.4. The lowest BCUT2D eigenvalue weighted by molar-refractivity contribution is -0.138. The molecule has 1 rings (SSSR count). The molecule has 0 atom stereocenters. The zero-order valence-electron chi connectivity index (χ0n) is 11.6. The first-order valence-electron chi connectivity index (χ1n) is 5.88. The van der Waals surface area contributed by atoms with Crippen LogP contribution in [0.3, 0.4) is 0 Å². The molecule has 2 amide bonds. The number of carbonyl (C=O) groups is 2. The van der Waals surface area contributed by atoms with E-state index in [9.17, 15) is 9.59 Å². The number of aliphatic carboxylic acids is 1. The number of amides is 2. The predicted octanol–water partition coefficient (Wildman–Crippen LogP) is 1.38. The van der Waals surface area contributed by atoms with Gasteiger partial charge in [-0.25, -0.2) is 9.78 Å². The summed E-state index contributed by atoms with van der Waals surface area (Å²) >= 11 is 0. The molecular weight excluding hydrogens is 250 g/mol. The molecule has 1 heterocycles. The first-order chi connectivity index (χ1) is 8.70. The minimum absolute atomic E-state index is 0.124. The van der Waals surface area contributed by atoms with Crippen molar-refractivity contribution in [1.82, 2.24) is 15.2 Å². The standard InChI is InChI=1S/C12H19N3O4/c1-8-5-13-9(19-8)6-14-11(18)15(7-10(16)17)12(2,3)4/h5H,6-7H2,1-4H3,(H,14,18)(H,16,17). The largest absolute Gasteiger partial charge is 0.480 e. The number of nitrogens with one attached hydrogen (secondary N) is 1. The molecule has 0 unspecified atom stereocenters. The summed E-state index contributed by atoms with van der Waals surface area (Å²) in [7, 11) is 0. The monoisotopic (exact) mass is 269 g/mol. The third-order valence-electron chi connectivity index (χ3n) is 2.41. The molecule has 7 nitrogen and oxygen atoms in total. The minimum atomic E-state index is -1.06. The van der Waals surface area contributed by atoms with Gasteiger partial charge in [0.15, 0.2) is 0 Å². The molecule has 7 heteroatoms. The van der Waals surface area contributed by atoms with Crippen LogP contribution in [0.2, 0.25) is 0 Å². The lowest BCUT2D eigenvalue weighted by Crippen LogP contribution is -2.52. The lowest BCUT2D eigenvalue weighted by atomic mass is 10.1. The van der Waals surface area contributed by atoms with E-state index in [1.165, 1.54) is 4.90 Å². The summed E-state index contributed by atoms with van der Waals surface area (Å²) in [5.41, 5.74) is -0.588. The summed E-state index contributed by atoms with van der Waals surface area (Å²) in [5, 5.41) is 11.4. The number of oxazole rings is 1. The normalized spacial score (nSPS) is 11.2. The SMILES string of the molecule is Cc1cnc(CNC(=O)N(CC(=O)O)C(C)(C)C)o1. The Bertz CT molecular complexity index is 462. The minimum Gasteiger partial charge on any atom is -0.480 e. The van der Waals surface area contributed by atoms with E-state index >= 15 is 0 Å². The Labute approximate surface area is 111 Å². The van der Waals surface area contributed by atoms with Gasteiger partial charge in [0.2, 0.25) is 5.89 Å². The van der Waals surface area contributed by atoms with Gasteiger partial charge in [-0.2, -0.15) is 0 Å². The summed E-state index contributed by atoms with van der Waals surface area (Å²) in [6.45, 7) is 6.82. The molecule has 0 bridgehead atoms. The molecule has 0 aliphatic carbocycles. The van der Waals surface area contributed by atoms with Crippen molar-refractivity contribution >= 4 is 12.0 Å². The third-order valence-corrected chi connectivity index (χ3v) is 2.41. The van der Waals surface area contributed by atoms with Gasteiger partial charge < -0.3 is 19.7 Å². The van der Waals surface area contributed by atoms with Gasteiger partial charge in [-0.1, -0.05) is 0 Å². The summed E-state index contributed by atoms with van der Waals surface area (Å²) in [4.78, 5) is 28.0. The van der Waals surface area contributed by atoms with E-state index in [2.05, 4.69) is 10.3 Å². The third kappa shape index (κ3) is 4.61. The van der Waals surface area contributed by atoms with Gasteiger partial charge in [0.1, 0.15) is 12.3 Å². The number of aromatic nitrogens is 1. The van der Waals surface area contributed by atoms with Crippen LogP contribution in [0.1, 0.15) is 32.4 Å². The van der Waals surface area contributed by atoms with E-state index in [0.29, 0.717) is 11.7 Å². The zero-order valence-corrected chi connectivity index (χ0v) is 11.6. The molecule has 0 saturated heterocycles. The predicted molar refractivity (Wildman–Crippen MR) is 67.6 cm³/mol. The highest BCUT2D eigenvalue weighted by molar-refractivity contribution is 5.80. The molecule has 106 valence electrons. The van der Waals surface area contributed by atoms with E-state index in [0.717, 1.165) is 0 Å². The molecule has 0 spiro atoms. The number of rotatable bonds is 4. The molecule has 0 fully saturated rings. The highest BCUT2D eigenvalue weighted by Crippen LogP contribution is 2.13. The Morgan fingerprint density at radius 3 is 2.53 bits per heavy atom. The van der Waals surface area contributed by atoms with Crippen molar-refractivity contribution in [2.45, 2.75) is 39.8 Å². The summed E-state index contributed by atoms with van der Waals surface area (Å²) in [6.07, 6.45) is 1.56. The van der Waals surface area contributed by atoms with Gasteiger partial charge in [-0.3, -0.25) is 4.79 Å². The summed E-state index contributed by atoms with van der Waals surface area (Å²) in [5.74, 6) is -0.0189. The van der Waals surface area contributed by atoms with E-state index in [1.54, 1.807) is 33.9 Å². The molecule has 19 heavy (non-hydrogen) atoms. The quantitative estimate of drug-likeness (QED) is 0.860. The topological polar surface area (TPSA) is 95.7 Å². The number of carboxylic acids is 1. The molecule has 1 aromatic rings. The molecule has 0 aromatic carbocycles. The Kier molecular flexibility index (Phi) is 4.52. The number of aryl methyl sites for hydroxylation is 1. The number of urea groups is 1. The van der Waals surface area contributed by atoms with Crippen molar-refractivity contribution in [3.05, 3.63) is 17.8 Å². The first-order valence-corrected chi connectivity index (χ1v) is 5.88. The maximum absolute atomic E-state index is 12.0. The number of carboxylic acid groups (broad SMARTS) is 1. The molecule has 0 aliphatic rings. The Balaban J connectivity index is 2.64. The van der Waals surface area contributed by atoms with Crippen LogP contribution in [-0.2, 0) is 11.3 Å². The molecule has 1 aromatic heterocycles. The summed E-state index contributed by atoms with van der Waals surface area (Å²) in [6, 6.07) is -0.467. The van der Waals surface area contributed by atoms with Crippen LogP contribution in [0.15, 0.2) is 10.6 Å². The van der Waals surface area contributed by atoms with Gasteiger partial charge in [-0.05, 0) is 27.7 Å². The maximum atomic E-state index is 12.0. The van der Waals surface area contributed by atoms with Crippen molar-refractivity contribution in [3.8, 4) is 0 Å². The van der Waals surface area contributed by atoms with Crippen LogP contribution >= 0.6 is 0 Å². The zero-order chi connectivity index (χ0) is 14.6. The highest BCUT2D eigenvalue weighted by Gasteiger charge is 2.28. The van der Waals surface area contributed by atoms with Crippen molar-refractivity contribution in [2.24, 2.45) is 0 Å². The van der Waals surface area contributed by atoms with Crippen molar-refractivity contribution in [1.29, 1.82) is 0 Å². The second-order valence-electron chi connectivity index (χ2n) is 5.17. The van der Waals surface area contributed by atoms with Crippen LogP contribution in [0.25, 0.3) is 0 Å². The molecule has 2 N–H and O–H groups in total. The second-order valence-corrected chi connectivity index (χ2v) is 5.17. The Morgan fingerprint density at radius 2 is 2.11 bits per heavy atom. The van der Waals surface area contributed by atoms with Crippen LogP contribution in [0, 0.1) is 6.92 Å². The Morgan fingerprint density at radius 1 is 1.47 bits per heavy atom. The molecular formula is C12H19N3O4. The molecule has 0 aliphatic heterocycles. The number of nitrogens with zero attached hydrogens (tertiary/aromatic N) is 2.